The van der Waals surface area contributed by atoms with Gasteiger partial charge in [-0.05, 0) is 32.0 Å². The van der Waals surface area contributed by atoms with E-state index in [4.69, 9.17) is 13.9 Å². The van der Waals surface area contributed by atoms with Crippen LogP contribution in [0.15, 0.2) is 40.4 Å². The van der Waals surface area contributed by atoms with E-state index in [1.165, 1.54) is 12.1 Å². The van der Waals surface area contributed by atoms with Crippen LogP contribution in [0.2, 0.25) is 0 Å². The van der Waals surface area contributed by atoms with Gasteiger partial charge in [-0.15, -0.1) is 0 Å². The summed E-state index contributed by atoms with van der Waals surface area (Å²) in [6.07, 6.45) is 0.950. The van der Waals surface area contributed by atoms with Crippen molar-refractivity contribution in [3.8, 4) is 11.5 Å². The van der Waals surface area contributed by atoms with Gasteiger partial charge in [-0.25, -0.2) is 0 Å². The average Bonchev–Trinajstić information content (AvgIpc) is 3.11. The van der Waals surface area contributed by atoms with Crippen molar-refractivity contribution < 1.29 is 38.5 Å². The Morgan fingerprint density at radius 2 is 1.63 bits per heavy atom. The van der Waals surface area contributed by atoms with Gasteiger partial charge in [0, 0.05) is 5.56 Å². The smallest absolute Gasteiger partial charge is 0.267 e. The number of ether oxygens (including phenoxy) is 2. The van der Waals surface area contributed by atoms with E-state index < -0.39 is 34.6 Å². The normalized spacial score (nSPS) is 13.6. The Bertz CT molecular complexity index is 980. The van der Waals surface area contributed by atoms with Gasteiger partial charge < -0.3 is 24.1 Å². The van der Waals surface area contributed by atoms with Crippen LogP contribution in [0.1, 0.15) is 50.7 Å². The first-order valence-corrected chi connectivity index (χ1v) is 8.18. The molecule has 1 aliphatic rings. The monoisotopic (exact) mass is 372 g/mol. The van der Waals surface area contributed by atoms with E-state index in [1.807, 2.05) is 6.92 Å². The van der Waals surface area contributed by atoms with E-state index in [9.17, 15) is 24.6 Å². The van der Waals surface area contributed by atoms with E-state index in [-0.39, 0.29) is 16.7 Å². The minimum Gasteiger partial charge on any atom is -0.501 e. The minimum atomic E-state index is -1.12. The van der Waals surface area contributed by atoms with E-state index in [0.29, 0.717) is 24.7 Å². The van der Waals surface area contributed by atoms with Crippen molar-refractivity contribution in [2.24, 2.45) is 0 Å². The first kappa shape index (κ1) is 18.2. The highest BCUT2D eigenvalue weighted by Crippen LogP contribution is 2.33. The van der Waals surface area contributed by atoms with Crippen LogP contribution in [0.5, 0.6) is 11.5 Å². The molecule has 8 heteroatoms. The summed E-state index contributed by atoms with van der Waals surface area (Å²) in [7, 11) is 0. The van der Waals surface area contributed by atoms with Crippen molar-refractivity contribution in [2.45, 2.75) is 13.8 Å². The zero-order chi connectivity index (χ0) is 19.7. The van der Waals surface area contributed by atoms with E-state index in [1.54, 1.807) is 13.0 Å². The second-order valence-corrected chi connectivity index (χ2v) is 5.57. The molecular formula is C19H16O8. The summed E-state index contributed by atoms with van der Waals surface area (Å²) in [5, 5.41) is 19.1. The third kappa shape index (κ3) is 2.95. The van der Waals surface area contributed by atoms with Crippen molar-refractivity contribution in [1.29, 1.82) is 0 Å². The van der Waals surface area contributed by atoms with Crippen LogP contribution in [0, 0.1) is 0 Å². The Morgan fingerprint density at radius 3 is 2.30 bits per heavy atom. The van der Waals surface area contributed by atoms with E-state index in [0.717, 1.165) is 6.26 Å². The number of aliphatic hydroxyl groups is 2. The van der Waals surface area contributed by atoms with Crippen molar-refractivity contribution in [1.82, 2.24) is 0 Å². The number of benzene rings is 1. The standard InChI is InChI=1S/C19H16O8/c1-3-25-11-6-5-9(7-12(11)26-4-2)14(20)10-8-27-19-13(10)15(21)16(22)17(23)18(19)24/h5-8,22-23H,3-4H2,1-2H3. The minimum absolute atomic E-state index is 0.170. The Morgan fingerprint density at radius 1 is 1.00 bits per heavy atom. The number of furan rings is 1. The van der Waals surface area contributed by atoms with Crippen LogP contribution in [-0.4, -0.2) is 40.8 Å². The SMILES string of the molecule is CCOc1ccc(C(=O)c2coc3c2C(=O)C(O)=C(O)C3=O)cc1OCC. The highest BCUT2D eigenvalue weighted by atomic mass is 16.5. The molecule has 1 heterocycles. The van der Waals surface area contributed by atoms with Gasteiger partial charge in [0.1, 0.15) is 6.26 Å². The van der Waals surface area contributed by atoms with Crippen molar-refractivity contribution in [2.75, 3.05) is 13.2 Å². The van der Waals surface area contributed by atoms with Gasteiger partial charge in [0.15, 0.2) is 23.0 Å². The third-order valence-electron chi connectivity index (χ3n) is 3.93. The molecule has 0 saturated heterocycles. The van der Waals surface area contributed by atoms with Crippen molar-refractivity contribution in [3.63, 3.8) is 0 Å². The molecule has 0 radical (unpaired) electrons. The first-order chi connectivity index (χ1) is 12.9. The van der Waals surface area contributed by atoms with Gasteiger partial charge in [-0.3, -0.25) is 14.4 Å². The summed E-state index contributed by atoms with van der Waals surface area (Å²) >= 11 is 0. The molecule has 0 saturated carbocycles. The lowest BCUT2D eigenvalue weighted by atomic mass is 9.92. The fourth-order valence-electron chi connectivity index (χ4n) is 2.71. The predicted octanol–water partition coefficient (Wildman–Crippen LogP) is 3.01. The maximum Gasteiger partial charge on any atom is 0.267 e. The number of allylic oxidation sites excluding steroid dienone is 2. The number of rotatable bonds is 6. The molecular weight excluding hydrogens is 356 g/mol. The summed E-state index contributed by atoms with van der Waals surface area (Å²) in [5.41, 5.74) is -0.412. The molecule has 3 rings (SSSR count). The topological polar surface area (TPSA) is 123 Å². The number of fused-ring (bicyclic) bond motifs is 1. The molecule has 0 amide bonds. The van der Waals surface area contributed by atoms with Gasteiger partial charge in [-0.2, -0.15) is 0 Å². The van der Waals surface area contributed by atoms with Gasteiger partial charge in [0.25, 0.3) is 5.78 Å². The molecule has 0 bridgehead atoms. The molecule has 1 aliphatic carbocycles. The molecule has 0 unspecified atom stereocenters. The van der Waals surface area contributed by atoms with Crippen LogP contribution in [0.3, 0.4) is 0 Å². The van der Waals surface area contributed by atoms with Crippen molar-refractivity contribution in [3.05, 3.63) is 58.4 Å². The summed E-state index contributed by atoms with van der Waals surface area (Å²) < 4.78 is 15.9. The summed E-state index contributed by atoms with van der Waals surface area (Å²) in [5.74, 6) is -4.65. The van der Waals surface area contributed by atoms with Crippen LogP contribution < -0.4 is 9.47 Å². The van der Waals surface area contributed by atoms with E-state index in [2.05, 4.69) is 0 Å². The molecule has 8 nitrogen and oxygen atoms in total. The lowest BCUT2D eigenvalue weighted by molar-refractivity contribution is 0.0860. The number of carbonyl (C=O) groups excluding carboxylic acids is 3. The Labute approximate surface area is 153 Å². The molecule has 0 spiro atoms. The lowest BCUT2D eigenvalue weighted by Gasteiger charge is -2.12. The summed E-state index contributed by atoms with van der Waals surface area (Å²) in [6, 6.07) is 4.50. The second kappa shape index (κ2) is 6.99. The number of Topliss-reactive ketones (excluding diaryl/α,β-unsaturated/α-hetero) is 2. The molecule has 0 aliphatic heterocycles. The Balaban J connectivity index is 2.05. The first-order valence-electron chi connectivity index (χ1n) is 8.18. The molecule has 0 atom stereocenters. The quantitative estimate of drug-likeness (QED) is 0.742. The molecule has 0 fully saturated rings. The van der Waals surface area contributed by atoms with Crippen LogP contribution in [0.4, 0.5) is 0 Å². The largest absolute Gasteiger partial charge is 0.501 e. The van der Waals surface area contributed by atoms with Crippen LogP contribution >= 0.6 is 0 Å². The second-order valence-electron chi connectivity index (χ2n) is 5.57. The average molecular weight is 372 g/mol. The number of ketones is 3. The molecule has 2 aromatic rings. The van der Waals surface area contributed by atoms with Gasteiger partial charge >= 0.3 is 0 Å². The predicted molar refractivity (Wildman–Crippen MR) is 91.9 cm³/mol. The fraction of sp³-hybridized carbons (Fsp3) is 0.211. The summed E-state index contributed by atoms with van der Waals surface area (Å²) in [6.45, 7) is 4.35. The molecule has 1 aromatic carbocycles. The molecule has 1 aromatic heterocycles. The fourth-order valence-corrected chi connectivity index (χ4v) is 2.71. The Kier molecular flexibility index (Phi) is 4.72. The van der Waals surface area contributed by atoms with E-state index >= 15 is 0 Å². The molecule has 140 valence electrons. The van der Waals surface area contributed by atoms with Crippen LogP contribution in [0.25, 0.3) is 0 Å². The van der Waals surface area contributed by atoms with Gasteiger partial charge in [-0.1, -0.05) is 0 Å². The summed E-state index contributed by atoms with van der Waals surface area (Å²) in [4.78, 5) is 37.0. The highest BCUT2D eigenvalue weighted by molar-refractivity contribution is 6.28. The van der Waals surface area contributed by atoms with Crippen molar-refractivity contribution >= 4 is 17.3 Å². The zero-order valence-electron chi connectivity index (χ0n) is 14.6. The Hall–Kier alpha value is -3.55. The maximum atomic E-state index is 12.9. The zero-order valence-corrected chi connectivity index (χ0v) is 14.6. The number of hydrogen-bond acceptors (Lipinski definition) is 8. The highest BCUT2D eigenvalue weighted by Gasteiger charge is 2.39. The number of carbonyl (C=O) groups is 3. The maximum absolute atomic E-state index is 12.9. The van der Waals surface area contributed by atoms with Gasteiger partial charge in [0.2, 0.25) is 17.3 Å². The number of aliphatic hydroxyl groups excluding tert-OH is 2. The molecule has 2 N–H and O–H groups in total. The lowest BCUT2D eigenvalue weighted by Crippen LogP contribution is -2.22. The molecule has 27 heavy (non-hydrogen) atoms. The van der Waals surface area contributed by atoms with Crippen LogP contribution in [-0.2, 0) is 0 Å². The van der Waals surface area contributed by atoms with Gasteiger partial charge in [0.05, 0.1) is 24.3 Å². The number of hydrogen-bond donors (Lipinski definition) is 2. The third-order valence-corrected chi connectivity index (χ3v) is 3.93.